The molecule has 1 aliphatic heterocycles. The first-order valence-corrected chi connectivity index (χ1v) is 11.5. The van der Waals surface area contributed by atoms with E-state index in [1.165, 1.54) is 6.42 Å². The summed E-state index contributed by atoms with van der Waals surface area (Å²) in [4.78, 5) is 15.1. The molecule has 0 aromatic heterocycles. The molecular weight excluding hydrogens is 348 g/mol. The van der Waals surface area contributed by atoms with Crippen molar-refractivity contribution in [2.45, 2.75) is 75.1 Å². The van der Waals surface area contributed by atoms with Crippen molar-refractivity contribution in [2.24, 2.45) is 5.92 Å². The summed E-state index contributed by atoms with van der Waals surface area (Å²) < 4.78 is 28.2. The van der Waals surface area contributed by atoms with E-state index in [1.807, 2.05) is 11.0 Å². The van der Waals surface area contributed by atoms with E-state index in [0.717, 1.165) is 69.0 Å². The number of rotatable bonds is 4. The maximum atomic E-state index is 12.9. The van der Waals surface area contributed by atoms with Gasteiger partial charge in [-0.2, -0.15) is 0 Å². The summed E-state index contributed by atoms with van der Waals surface area (Å²) in [7, 11) is -3.48. The number of carbonyl (C=O) groups excluding carboxylic acids is 1. The van der Waals surface area contributed by atoms with Crippen molar-refractivity contribution < 1.29 is 13.2 Å². The van der Waals surface area contributed by atoms with Gasteiger partial charge in [-0.3, -0.25) is 4.79 Å². The van der Waals surface area contributed by atoms with Crippen LogP contribution in [0.3, 0.4) is 0 Å². The van der Waals surface area contributed by atoms with E-state index >= 15 is 0 Å². The molecule has 1 aromatic carbocycles. The number of hydrogen-bond acceptors (Lipinski definition) is 3. The van der Waals surface area contributed by atoms with Gasteiger partial charge in [0.25, 0.3) is 0 Å². The lowest BCUT2D eigenvalue weighted by molar-refractivity contribution is -0.123. The van der Waals surface area contributed by atoms with E-state index in [1.54, 1.807) is 12.1 Å². The zero-order valence-electron chi connectivity index (χ0n) is 15.2. The molecule has 1 amide bonds. The molecule has 0 bridgehead atoms. The van der Waals surface area contributed by atoms with Crippen molar-refractivity contribution in [3.63, 3.8) is 0 Å². The fourth-order valence-electron chi connectivity index (χ4n) is 4.68. The molecule has 4 rings (SSSR count). The van der Waals surface area contributed by atoms with Crippen molar-refractivity contribution in [1.82, 2.24) is 4.72 Å². The molecule has 1 N–H and O–H groups in total. The first kappa shape index (κ1) is 18.0. The van der Waals surface area contributed by atoms with Crippen LogP contribution in [0.25, 0.3) is 0 Å². The second-order valence-corrected chi connectivity index (χ2v) is 9.68. The van der Waals surface area contributed by atoms with Crippen LogP contribution in [-0.4, -0.2) is 26.9 Å². The van der Waals surface area contributed by atoms with Gasteiger partial charge in [0.05, 0.1) is 4.90 Å². The number of sulfonamides is 1. The predicted octanol–water partition coefficient (Wildman–Crippen LogP) is 3.38. The largest absolute Gasteiger partial charge is 0.312 e. The highest BCUT2D eigenvalue weighted by molar-refractivity contribution is 7.89. The van der Waals surface area contributed by atoms with Gasteiger partial charge < -0.3 is 4.90 Å². The second-order valence-electron chi connectivity index (χ2n) is 7.97. The maximum Gasteiger partial charge on any atom is 0.240 e. The van der Waals surface area contributed by atoms with Crippen molar-refractivity contribution >= 4 is 21.6 Å². The molecule has 142 valence electrons. The fourth-order valence-corrected chi connectivity index (χ4v) is 6.03. The molecule has 0 unspecified atom stereocenters. The lowest BCUT2D eigenvalue weighted by Gasteiger charge is -2.26. The average molecular weight is 377 g/mol. The lowest BCUT2D eigenvalue weighted by atomic mass is 9.88. The van der Waals surface area contributed by atoms with E-state index in [4.69, 9.17) is 0 Å². The summed E-state index contributed by atoms with van der Waals surface area (Å²) >= 11 is 0. The van der Waals surface area contributed by atoms with Gasteiger partial charge in [-0.05, 0) is 55.9 Å². The van der Waals surface area contributed by atoms with Crippen LogP contribution in [0.15, 0.2) is 23.1 Å². The Labute approximate surface area is 156 Å². The van der Waals surface area contributed by atoms with Gasteiger partial charge in [0.2, 0.25) is 15.9 Å². The van der Waals surface area contributed by atoms with E-state index in [-0.39, 0.29) is 17.9 Å². The summed E-state index contributed by atoms with van der Waals surface area (Å²) in [6, 6.07) is 5.31. The summed E-state index contributed by atoms with van der Waals surface area (Å²) in [5, 5.41) is 0. The van der Waals surface area contributed by atoms with Gasteiger partial charge in [-0.25, -0.2) is 13.1 Å². The highest BCUT2D eigenvalue weighted by Crippen LogP contribution is 2.34. The molecule has 2 aliphatic carbocycles. The Morgan fingerprint density at radius 1 is 1.00 bits per heavy atom. The van der Waals surface area contributed by atoms with E-state index in [0.29, 0.717) is 11.4 Å². The van der Waals surface area contributed by atoms with E-state index < -0.39 is 10.0 Å². The minimum Gasteiger partial charge on any atom is -0.312 e. The number of anilines is 1. The highest BCUT2D eigenvalue weighted by atomic mass is 32.2. The van der Waals surface area contributed by atoms with Crippen LogP contribution in [-0.2, 0) is 21.2 Å². The summed E-state index contributed by atoms with van der Waals surface area (Å²) in [6.45, 7) is 0.671. The third kappa shape index (κ3) is 3.54. The van der Waals surface area contributed by atoms with Gasteiger partial charge in [-0.1, -0.05) is 32.1 Å². The Bertz CT molecular complexity index is 778. The molecule has 0 atom stereocenters. The Balaban J connectivity index is 1.51. The van der Waals surface area contributed by atoms with Crippen LogP contribution < -0.4 is 9.62 Å². The van der Waals surface area contributed by atoms with Crippen LogP contribution in [0.4, 0.5) is 5.69 Å². The molecule has 5 nitrogen and oxygen atoms in total. The van der Waals surface area contributed by atoms with Crippen LogP contribution in [0.1, 0.15) is 63.4 Å². The number of carbonyl (C=O) groups is 1. The number of fused-ring (bicyclic) bond motifs is 1. The smallest absolute Gasteiger partial charge is 0.240 e. The first-order chi connectivity index (χ1) is 12.5. The average Bonchev–Trinajstić information content (AvgIpc) is 3.30. The molecule has 2 saturated carbocycles. The number of amides is 1. The number of benzene rings is 1. The number of nitrogens with zero attached hydrogens (tertiary/aromatic N) is 1. The van der Waals surface area contributed by atoms with Gasteiger partial charge >= 0.3 is 0 Å². The van der Waals surface area contributed by atoms with Gasteiger partial charge in [0, 0.05) is 24.2 Å². The Kier molecular flexibility index (Phi) is 5.06. The molecule has 1 aromatic rings. The highest BCUT2D eigenvalue weighted by Gasteiger charge is 2.32. The summed E-state index contributed by atoms with van der Waals surface area (Å²) in [5.41, 5.74) is 1.88. The first-order valence-electron chi connectivity index (χ1n) is 10.0. The predicted molar refractivity (Wildman–Crippen MR) is 102 cm³/mol. The molecule has 1 heterocycles. The standard InChI is InChI=1S/C20H28N2O3S/c23-20(15-6-2-1-3-7-15)22-13-12-16-14-18(10-11-19(16)22)26(24,25)21-17-8-4-5-9-17/h10-11,14-15,17,21H,1-9,12-13H2. The molecular formula is C20H28N2O3S. The van der Waals surface area contributed by atoms with Gasteiger partial charge in [-0.15, -0.1) is 0 Å². The monoisotopic (exact) mass is 376 g/mol. The molecule has 0 saturated heterocycles. The lowest BCUT2D eigenvalue weighted by Crippen LogP contribution is -2.35. The Hall–Kier alpha value is -1.40. The summed E-state index contributed by atoms with van der Waals surface area (Å²) in [5.74, 6) is 0.366. The Morgan fingerprint density at radius 3 is 2.42 bits per heavy atom. The molecule has 26 heavy (non-hydrogen) atoms. The number of hydrogen-bond donors (Lipinski definition) is 1. The Morgan fingerprint density at radius 2 is 1.69 bits per heavy atom. The van der Waals surface area contributed by atoms with E-state index in [9.17, 15) is 13.2 Å². The molecule has 2 fully saturated rings. The van der Waals surface area contributed by atoms with E-state index in [2.05, 4.69) is 4.72 Å². The van der Waals surface area contributed by atoms with Gasteiger partial charge in [0.1, 0.15) is 0 Å². The normalized spacial score (nSPS) is 21.9. The second kappa shape index (κ2) is 7.31. The molecule has 6 heteroatoms. The minimum atomic E-state index is -3.48. The van der Waals surface area contributed by atoms with Crippen molar-refractivity contribution in [1.29, 1.82) is 0 Å². The van der Waals surface area contributed by atoms with Crippen LogP contribution in [0, 0.1) is 5.92 Å². The van der Waals surface area contributed by atoms with Crippen LogP contribution in [0.2, 0.25) is 0 Å². The minimum absolute atomic E-state index is 0.0673. The SMILES string of the molecule is O=C(C1CCCCC1)N1CCc2cc(S(=O)(=O)NC3CCCC3)ccc21. The molecule has 3 aliphatic rings. The molecule has 0 spiro atoms. The van der Waals surface area contributed by atoms with Gasteiger partial charge in [0.15, 0.2) is 0 Å². The zero-order chi connectivity index (χ0) is 18.1. The maximum absolute atomic E-state index is 12.9. The van der Waals surface area contributed by atoms with Crippen molar-refractivity contribution in [3.8, 4) is 0 Å². The topological polar surface area (TPSA) is 66.5 Å². The summed E-state index contributed by atoms with van der Waals surface area (Å²) in [6.07, 6.45) is 10.3. The third-order valence-electron chi connectivity index (χ3n) is 6.15. The van der Waals surface area contributed by atoms with Crippen molar-refractivity contribution in [2.75, 3.05) is 11.4 Å². The van der Waals surface area contributed by atoms with Crippen LogP contribution >= 0.6 is 0 Å². The molecule has 0 radical (unpaired) electrons. The van der Waals surface area contributed by atoms with Crippen molar-refractivity contribution in [3.05, 3.63) is 23.8 Å². The quantitative estimate of drug-likeness (QED) is 0.876. The third-order valence-corrected chi connectivity index (χ3v) is 7.67. The van der Waals surface area contributed by atoms with Crippen LogP contribution in [0.5, 0.6) is 0 Å². The fraction of sp³-hybridized carbons (Fsp3) is 0.650. The number of nitrogens with one attached hydrogen (secondary N) is 1. The zero-order valence-corrected chi connectivity index (χ0v) is 16.1.